The Morgan fingerprint density at radius 3 is 3.00 bits per heavy atom. The van der Waals surface area contributed by atoms with Gasteiger partial charge in [0.2, 0.25) is 0 Å². The van der Waals surface area contributed by atoms with Crippen molar-refractivity contribution in [2.75, 3.05) is 13.7 Å². The quantitative estimate of drug-likeness (QED) is 0.464. The van der Waals surface area contributed by atoms with E-state index < -0.39 is 0 Å². The Hall–Kier alpha value is 0.154. The molecule has 10 heavy (non-hydrogen) atoms. The maximum absolute atomic E-state index is 4.91. The summed E-state index contributed by atoms with van der Waals surface area (Å²) in [6.45, 7) is 0.812. The molecule has 0 aromatic carbocycles. The SMILES string of the molecule is COCCC1=[C-]CC=C1.[Ti]. The molecule has 0 amide bonds. The maximum Gasteiger partial charge on any atom is 0.0473 e. The molecule has 2 heteroatoms. The van der Waals surface area contributed by atoms with E-state index in [4.69, 9.17) is 4.74 Å². The summed E-state index contributed by atoms with van der Waals surface area (Å²) in [4.78, 5) is 0. The molecule has 0 saturated heterocycles. The van der Waals surface area contributed by atoms with Gasteiger partial charge in [0.25, 0.3) is 0 Å². The van der Waals surface area contributed by atoms with E-state index in [1.54, 1.807) is 7.11 Å². The zero-order valence-corrected chi connectivity index (χ0v) is 7.75. The van der Waals surface area contributed by atoms with Crippen molar-refractivity contribution >= 4 is 0 Å². The van der Waals surface area contributed by atoms with Gasteiger partial charge in [-0.1, -0.05) is 0 Å². The van der Waals surface area contributed by atoms with Crippen LogP contribution in [0.4, 0.5) is 0 Å². The Balaban J connectivity index is 0.000000810. The molecule has 0 saturated carbocycles. The summed E-state index contributed by atoms with van der Waals surface area (Å²) in [5, 5.41) is 0. The fourth-order valence-electron chi connectivity index (χ4n) is 0.834. The Labute approximate surface area is 77.0 Å². The van der Waals surface area contributed by atoms with E-state index in [1.165, 1.54) is 5.57 Å². The van der Waals surface area contributed by atoms with Gasteiger partial charge in [-0.2, -0.15) is 6.08 Å². The first kappa shape index (κ1) is 10.2. The molecule has 0 unspecified atom stereocenters. The van der Waals surface area contributed by atoms with Crippen LogP contribution in [0.2, 0.25) is 0 Å². The van der Waals surface area contributed by atoms with E-state index in [-0.39, 0.29) is 21.7 Å². The van der Waals surface area contributed by atoms with Crippen LogP contribution in [0.3, 0.4) is 0 Å². The predicted molar refractivity (Wildman–Crippen MR) is 37.0 cm³/mol. The van der Waals surface area contributed by atoms with Gasteiger partial charge >= 0.3 is 0 Å². The molecule has 0 radical (unpaired) electrons. The maximum atomic E-state index is 4.91. The van der Waals surface area contributed by atoms with Crippen LogP contribution >= 0.6 is 0 Å². The van der Waals surface area contributed by atoms with E-state index in [1.807, 2.05) is 0 Å². The first-order valence-electron chi connectivity index (χ1n) is 3.18. The summed E-state index contributed by atoms with van der Waals surface area (Å²) >= 11 is 0. The molecule has 1 rings (SSSR count). The molecule has 0 aromatic rings. The molecule has 1 aliphatic carbocycles. The first-order valence-corrected chi connectivity index (χ1v) is 3.18. The fraction of sp³-hybridized carbons (Fsp3) is 0.500. The molecule has 1 nitrogen and oxygen atoms in total. The molecular weight excluding hydrogens is 160 g/mol. The molecular formula is C8H11OTi-. The van der Waals surface area contributed by atoms with Crippen LogP contribution < -0.4 is 0 Å². The second kappa shape index (κ2) is 5.90. The second-order valence-corrected chi connectivity index (χ2v) is 2.05. The molecule has 0 aromatic heterocycles. The van der Waals surface area contributed by atoms with Crippen molar-refractivity contribution in [1.82, 2.24) is 0 Å². The van der Waals surface area contributed by atoms with Crippen LogP contribution in [0, 0.1) is 6.08 Å². The number of allylic oxidation sites excluding steroid dienone is 3. The zero-order chi connectivity index (χ0) is 6.53. The Morgan fingerprint density at radius 1 is 1.70 bits per heavy atom. The summed E-state index contributed by atoms with van der Waals surface area (Å²) in [5.41, 5.74) is 1.29. The minimum absolute atomic E-state index is 0. The van der Waals surface area contributed by atoms with Crippen molar-refractivity contribution in [3.05, 3.63) is 23.8 Å². The van der Waals surface area contributed by atoms with E-state index in [0.29, 0.717) is 0 Å². The molecule has 0 spiro atoms. The first-order chi connectivity index (χ1) is 4.43. The summed E-state index contributed by atoms with van der Waals surface area (Å²) in [7, 11) is 1.72. The normalized spacial score (nSPS) is 14.7. The Morgan fingerprint density at radius 2 is 2.50 bits per heavy atom. The van der Waals surface area contributed by atoms with Gasteiger partial charge in [0, 0.05) is 35.4 Å². The topological polar surface area (TPSA) is 9.23 Å². The third-order valence-corrected chi connectivity index (χ3v) is 1.34. The molecule has 0 atom stereocenters. The van der Waals surface area contributed by atoms with Crippen molar-refractivity contribution in [1.29, 1.82) is 0 Å². The minimum Gasteiger partial charge on any atom is -0.384 e. The molecule has 0 fully saturated rings. The van der Waals surface area contributed by atoms with Gasteiger partial charge < -0.3 is 4.74 Å². The van der Waals surface area contributed by atoms with Crippen molar-refractivity contribution < 1.29 is 26.5 Å². The van der Waals surface area contributed by atoms with Crippen LogP contribution in [-0.4, -0.2) is 13.7 Å². The molecule has 54 valence electrons. The van der Waals surface area contributed by atoms with E-state index in [9.17, 15) is 0 Å². The van der Waals surface area contributed by atoms with Crippen LogP contribution in [0.1, 0.15) is 12.8 Å². The van der Waals surface area contributed by atoms with Gasteiger partial charge in [0.15, 0.2) is 0 Å². The smallest absolute Gasteiger partial charge is 0.0473 e. The Kier molecular flexibility index (Phi) is 5.99. The number of ether oxygens (including phenoxy) is 1. The van der Waals surface area contributed by atoms with Gasteiger partial charge in [0.1, 0.15) is 0 Å². The van der Waals surface area contributed by atoms with Crippen LogP contribution in [-0.2, 0) is 26.5 Å². The fourth-order valence-corrected chi connectivity index (χ4v) is 0.834. The van der Waals surface area contributed by atoms with Gasteiger partial charge in [-0.3, -0.25) is 6.08 Å². The molecule has 1 aliphatic rings. The number of methoxy groups -OCH3 is 1. The van der Waals surface area contributed by atoms with E-state index in [0.717, 1.165) is 19.4 Å². The number of rotatable bonds is 3. The number of hydrogen-bond acceptors (Lipinski definition) is 1. The van der Waals surface area contributed by atoms with Crippen molar-refractivity contribution in [3.63, 3.8) is 0 Å². The third kappa shape index (κ3) is 3.35. The molecule has 0 N–H and O–H groups in total. The number of hydrogen-bond donors (Lipinski definition) is 0. The average Bonchev–Trinajstić information content (AvgIpc) is 2.34. The third-order valence-electron chi connectivity index (χ3n) is 1.34. The van der Waals surface area contributed by atoms with Crippen molar-refractivity contribution in [2.45, 2.75) is 12.8 Å². The predicted octanol–water partition coefficient (Wildman–Crippen LogP) is 1.71. The summed E-state index contributed by atoms with van der Waals surface area (Å²) < 4.78 is 4.91. The van der Waals surface area contributed by atoms with Crippen LogP contribution in [0.5, 0.6) is 0 Å². The van der Waals surface area contributed by atoms with Gasteiger partial charge in [0.05, 0.1) is 0 Å². The average molecular weight is 171 g/mol. The van der Waals surface area contributed by atoms with Crippen molar-refractivity contribution in [2.24, 2.45) is 0 Å². The summed E-state index contributed by atoms with van der Waals surface area (Å²) in [6.07, 6.45) is 9.44. The zero-order valence-electron chi connectivity index (χ0n) is 6.18. The molecule has 0 aliphatic heterocycles. The van der Waals surface area contributed by atoms with Crippen LogP contribution in [0.25, 0.3) is 0 Å². The molecule has 0 heterocycles. The second-order valence-electron chi connectivity index (χ2n) is 2.05. The standard InChI is InChI=1S/C8H11O.Ti/c1-9-7-6-8-4-2-3-5-8;/h2,4H,3,6-7H2,1H3;/q-1;. The van der Waals surface area contributed by atoms with Gasteiger partial charge in [-0.05, 0) is 6.42 Å². The monoisotopic (exact) mass is 171 g/mol. The minimum atomic E-state index is 0. The Bertz CT molecular complexity index is 138. The van der Waals surface area contributed by atoms with Gasteiger partial charge in [-0.25, -0.2) is 11.6 Å². The van der Waals surface area contributed by atoms with Gasteiger partial charge in [-0.15, -0.1) is 6.42 Å². The van der Waals surface area contributed by atoms with Crippen LogP contribution in [0.15, 0.2) is 17.7 Å². The van der Waals surface area contributed by atoms with Crippen molar-refractivity contribution in [3.8, 4) is 0 Å². The van der Waals surface area contributed by atoms with E-state index >= 15 is 0 Å². The van der Waals surface area contributed by atoms with E-state index in [2.05, 4.69) is 18.2 Å². The molecule has 0 bridgehead atoms. The summed E-state index contributed by atoms with van der Waals surface area (Å²) in [6, 6.07) is 0. The summed E-state index contributed by atoms with van der Waals surface area (Å²) in [5.74, 6) is 0. The largest absolute Gasteiger partial charge is 0.384 e.